The predicted molar refractivity (Wildman–Crippen MR) is 79.8 cm³/mol. The molecule has 3 N–H and O–H groups in total. The number of hydrogen-bond acceptors (Lipinski definition) is 3. The van der Waals surface area contributed by atoms with Crippen LogP contribution >= 0.6 is 0 Å². The number of H-pyrrole nitrogens is 1. The number of benzene rings is 1. The first-order valence-corrected chi connectivity index (χ1v) is 6.74. The van der Waals surface area contributed by atoms with E-state index in [0.717, 1.165) is 23.5 Å². The highest BCUT2D eigenvalue weighted by molar-refractivity contribution is 6.00. The van der Waals surface area contributed by atoms with Gasteiger partial charge in [0.2, 0.25) is 0 Å². The fourth-order valence-electron chi connectivity index (χ4n) is 2.13. The highest BCUT2D eigenvalue weighted by atomic mass is 16.1. The van der Waals surface area contributed by atoms with Crippen LogP contribution in [0, 0.1) is 6.92 Å². The molecule has 0 aliphatic carbocycles. The third-order valence-electron chi connectivity index (χ3n) is 3.25. The van der Waals surface area contributed by atoms with E-state index in [-0.39, 0.29) is 11.9 Å². The Kier molecular flexibility index (Phi) is 4.40. The molecule has 106 valence electrons. The predicted octanol–water partition coefficient (Wildman–Crippen LogP) is 2.64. The lowest BCUT2D eigenvalue weighted by atomic mass is 10.1. The number of aromatic nitrogens is 2. The number of nitrogens with one attached hydrogen (secondary N) is 3. The molecule has 0 aliphatic rings. The van der Waals surface area contributed by atoms with Crippen molar-refractivity contribution in [3.05, 3.63) is 47.5 Å². The standard InChI is InChI=1S/C15H20N4O/c1-4-12(14-17-7-8-18-14)19-15(20)11-9-10(2)5-6-13(11)16-3/h5-9,12,16H,4H2,1-3H3,(H,17,18)(H,19,20). The van der Waals surface area contributed by atoms with Crippen molar-refractivity contribution in [3.8, 4) is 0 Å². The van der Waals surface area contributed by atoms with Crippen molar-refractivity contribution in [2.75, 3.05) is 12.4 Å². The first-order valence-electron chi connectivity index (χ1n) is 6.74. The van der Waals surface area contributed by atoms with Gasteiger partial charge in [0.15, 0.2) is 0 Å². The van der Waals surface area contributed by atoms with Gasteiger partial charge in [0.25, 0.3) is 5.91 Å². The Balaban J connectivity index is 2.21. The average Bonchev–Trinajstić information content (AvgIpc) is 2.98. The molecule has 20 heavy (non-hydrogen) atoms. The van der Waals surface area contributed by atoms with E-state index in [1.54, 1.807) is 12.4 Å². The molecule has 5 heteroatoms. The van der Waals surface area contributed by atoms with E-state index in [0.29, 0.717) is 5.56 Å². The van der Waals surface area contributed by atoms with Crippen LogP contribution in [0.5, 0.6) is 0 Å². The van der Waals surface area contributed by atoms with Gasteiger partial charge in [-0.05, 0) is 25.5 Å². The van der Waals surface area contributed by atoms with Crippen molar-refractivity contribution in [2.45, 2.75) is 26.3 Å². The molecule has 2 aromatic rings. The molecule has 0 saturated heterocycles. The van der Waals surface area contributed by atoms with Crippen LogP contribution in [0.25, 0.3) is 0 Å². The Morgan fingerprint density at radius 2 is 2.25 bits per heavy atom. The first kappa shape index (κ1) is 14.1. The Morgan fingerprint density at radius 3 is 2.85 bits per heavy atom. The fraction of sp³-hybridized carbons (Fsp3) is 0.333. The molecule has 1 aromatic heterocycles. The van der Waals surface area contributed by atoms with E-state index in [1.807, 2.05) is 39.1 Å². The first-order chi connectivity index (χ1) is 9.65. The summed E-state index contributed by atoms with van der Waals surface area (Å²) in [5.74, 6) is 0.681. The van der Waals surface area contributed by atoms with E-state index < -0.39 is 0 Å². The van der Waals surface area contributed by atoms with Gasteiger partial charge in [0, 0.05) is 25.1 Å². The number of amides is 1. The molecule has 1 amide bonds. The van der Waals surface area contributed by atoms with Crippen molar-refractivity contribution in [1.82, 2.24) is 15.3 Å². The molecule has 0 bridgehead atoms. The minimum atomic E-state index is -0.109. The van der Waals surface area contributed by atoms with Gasteiger partial charge in [0.1, 0.15) is 5.82 Å². The average molecular weight is 272 g/mol. The zero-order chi connectivity index (χ0) is 14.5. The Hall–Kier alpha value is -2.30. The molecule has 0 saturated carbocycles. The molecule has 1 unspecified atom stereocenters. The second-order valence-electron chi connectivity index (χ2n) is 4.71. The minimum absolute atomic E-state index is 0.0960. The van der Waals surface area contributed by atoms with Crippen LogP contribution in [-0.2, 0) is 0 Å². The fourth-order valence-corrected chi connectivity index (χ4v) is 2.13. The van der Waals surface area contributed by atoms with E-state index in [4.69, 9.17) is 0 Å². The normalized spacial score (nSPS) is 11.9. The Morgan fingerprint density at radius 1 is 1.45 bits per heavy atom. The molecular formula is C15H20N4O. The molecule has 1 atom stereocenters. The van der Waals surface area contributed by atoms with Gasteiger partial charge >= 0.3 is 0 Å². The smallest absolute Gasteiger partial charge is 0.253 e. The van der Waals surface area contributed by atoms with Crippen LogP contribution in [0.4, 0.5) is 5.69 Å². The number of carbonyl (C=O) groups is 1. The summed E-state index contributed by atoms with van der Waals surface area (Å²) in [4.78, 5) is 19.7. The summed E-state index contributed by atoms with van der Waals surface area (Å²) in [6, 6.07) is 5.67. The Labute approximate surface area is 118 Å². The van der Waals surface area contributed by atoms with Gasteiger partial charge in [-0.25, -0.2) is 4.98 Å². The van der Waals surface area contributed by atoms with Gasteiger partial charge in [-0.1, -0.05) is 18.6 Å². The summed E-state index contributed by atoms with van der Waals surface area (Å²) in [5, 5.41) is 6.06. The number of aromatic amines is 1. The number of hydrogen-bond donors (Lipinski definition) is 3. The topological polar surface area (TPSA) is 69.8 Å². The van der Waals surface area contributed by atoms with Crippen LogP contribution in [0.3, 0.4) is 0 Å². The summed E-state index contributed by atoms with van der Waals surface area (Å²) < 4.78 is 0. The highest BCUT2D eigenvalue weighted by Gasteiger charge is 2.18. The Bertz CT molecular complexity index is 578. The van der Waals surface area contributed by atoms with E-state index >= 15 is 0 Å². The second kappa shape index (κ2) is 6.23. The zero-order valence-corrected chi connectivity index (χ0v) is 12.0. The molecule has 0 radical (unpaired) electrons. The largest absolute Gasteiger partial charge is 0.387 e. The quantitative estimate of drug-likeness (QED) is 0.783. The zero-order valence-electron chi connectivity index (χ0n) is 12.0. The lowest BCUT2D eigenvalue weighted by Crippen LogP contribution is -2.29. The van der Waals surface area contributed by atoms with Crippen LogP contribution in [0.1, 0.15) is 41.1 Å². The van der Waals surface area contributed by atoms with Gasteiger partial charge < -0.3 is 15.6 Å². The number of rotatable bonds is 5. The number of aryl methyl sites for hydroxylation is 1. The molecule has 0 fully saturated rings. The number of anilines is 1. The summed E-state index contributed by atoms with van der Waals surface area (Å²) in [7, 11) is 1.81. The van der Waals surface area contributed by atoms with Gasteiger partial charge in [-0.2, -0.15) is 0 Å². The third-order valence-corrected chi connectivity index (χ3v) is 3.25. The van der Waals surface area contributed by atoms with Crippen LogP contribution in [-0.4, -0.2) is 22.9 Å². The van der Waals surface area contributed by atoms with Crippen LogP contribution in [0.15, 0.2) is 30.6 Å². The van der Waals surface area contributed by atoms with E-state index in [9.17, 15) is 4.79 Å². The lowest BCUT2D eigenvalue weighted by Gasteiger charge is -2.16. The maximum absolute atomic E-state index is 12.4. The molecule has 2 rings (SSSR count). The summed E-state index contributed by atoms with van der Waals surface area (Å²) in [5.41, 5.74) is 2.53. The van der Waals surface area contributed by atoms with Gasteiger partial charge in [-0.15, -0.1) is 0 Å². The molecular weight excluding hydrogens is 252 g/mol. The van der Waals surface area contributed by atoms with Crippen molar-refractivity contribution in [1.29, 1.82) is 0 Å². The number of carbonyl (C=O) groups excluding carboxylic acids is 1. The number of imidazole rings is 1. The number of nitrogens with zero attached hydrogens (tertiary/aromatic N) is 1. The molecule has 5 nitrogen and oxygen atoms in total. The van der Waals surface area contributed by atoms with Crippen molar-refractivity contribution >= 4 is 11.6 Å². The summed E-state index contributed by atoms with van der Waals surface area (Å²) in [6.07, 6.45) is 4.23. The van der Waals surface area contributed by atoms with Crippen molar-refractivity contribution in [2.24, 2.45) is 0 Å². The maximum atomic E-state index is 12.4. The SMILES string of the molecule is CCC(NC(=O)c1cc(C)ccc1NC)c1ncc[nH]1. The van der Waals surface area contributed by atoms with Gasteiger partial charge in [0.05, 0.1) is 11.6 Å². The maximum Gasteiger partial charge on any atom is 0.253 e. The molecule has 0 aliphatic heterocycles. The monoisotopic (exact) mass is 272 g/mol. The van der Waals surface area contributed by atoms with Crippen LogP contribution < -0.4 is 10.6 Å². The van der Waals surface area contributed by atoms with E-state index in [2.05, 4.69) is 20.6 Å². The third kappa shape index (κ3) is 2.99. The summed E-state index contributed by atoms with van der Waals surface area (Å²) in [6.45, 7) is 3.99. The van der Waals surface area contributed by atoms with Gasteiger partial charge in [-0.3, -0.25) is 4.79 Å². The lowest BCUT2D eigenvalue weighted by molar-refractivity contribution is 0.0934. The highest BCUT2D eigenvalue weighted by Crippen LogP contribution is 2.19. The summed E-state index contributed by atoms with van der Waals surface area (Å²) >= 11 is 0. The minimum Gasteiger partial charge on any atom is -0.387 e. The second-order valence-corrected chi connectivity index (χ2v) is 4.71. The molecule has 0 spiro atoms. The molecule has 1 heterocycles. The van der Waals surface area contributed by atoms with Crippen molar-refractivity contribution < 1.29 is 4.79 Å². The van der Waals surface area contributed by atoms with E-state index in [1.165, 1.54) is 0 Å². The molecule has 1 aromatic carbocycles. The van der Waals surface area contributed by atoms with Crippen molar-refractivity contribution in [3.63, 3.8) is 0 Å². The van der Waals surface area contributed by atoms with Crippen LogP contribution in [0.2, 0.25) is 0 Å².